The molecule has 0 spiro atoms. The molecule has 0 aliphatic carbocycles. The van der Waals surface area contributed by atoms with Crippen molar-refractivity contribution in [1.29, 1.82) is 0 Å². The average molecular weight is 331 g/mol. The summed E-state index contributed by atoms with van der Waals surface area (Å²) in [6.07, 6.45) is 2.70. The Morgan fingerprint density at radius 2 is 2.30 bits per heavy atom. The van der Waals surface area contributed by atoms with Gasteiger partial charge in [-0.2, -0.15) is 0 Å². The Labute approximate surface area is 129 Å². The molecule has 1 aromatic rings. The maximum atomic E-state index is 11.5. The molecule has 0 bridgehead atoms. The van der Waals surface area contributed by atoms with Crippen molar-refractivity contribution in [1.82, 2.24) is 0 Å². The quantitative estimate of drug-likeness (QED) is 0.634. The van der Waals surface area contributed by atoms with Crippen LogP contribution in [0.15, 0.2) is 23.1 Å². The summed E-state index contributed by atoms with van der Waals surface area (Å²) >= 11 is 6.71. The van der Waals surface area contributed by atoms with Crippen LogP contribution in [0.3, 0.4) is 0 Å². The fraction of sp³-hybridized carbons (Fsp3) is 0.462. The lowest BCUT2D eigenvalue weighted by Crippen LogP contribution is -2.19. The van der Waals surface area contributed by atoms with E-state index in [2.05, 4.69) is 5.32 Å². The number of thioether (sulfide) groups is 1. The number of rotatable bonds is 5. The molecular weight excluding hydrogens is 312 g/mol. The molecule has 1 aliphatic rings. The Bertz CT molecular complexity index is 614. The van der Waals surface area contributed by atoms with Crippen molar-refractivity contribution in [3.05, 3.63) is 23.8 Å². The first-order valence-corrected chi connectivity index (χ1v) is 9.79. The molecule has 20 heavy (non-hydrogen) atoms. The summed E-state index contributed by atoms with van der Waals surface area (Å²) in [6.45, 7) is 0.632. The van der Waals surface area contributed by atoms with Crippen LogP contribution in [0.1, 0.15) is 12.0 Å². The molecule has 1 aromatic carbocycles. The normalized spacial score (nSPS) is 20.8. The second-order valence-electron chi connectivity index (χ2n) is 4.90. The van der Waals surface area contributed by atoms with E-state index in [1.54, 1.807) is 11.8 Å². The summed E-state index contributed by atoms with van der Waals surface area (Å²) in [5.41, 5.74) is 7.53. The van der Waals surface area contributed by atoms with E-state index in [1.165, 1.54) is 0 Å². The molecule has 7 heteroatoms. The van der Waals surface area contributed by atoms with Crippen LogP contribution < -0.4 is 11.1 Å². The second kappa shape index (κ2) is 6.32. The van der Waals surface area contributed by atoms with E-state index in [1.807, 2.05) is 24.5 Å². The van der Waals surface area contributed by atoms with Crippen LogP contribution in [0.4, 0.5) is 5.69 Å². The zero-order valence-corrected chi connectivity index (χ0v) is 13.7. The van der Waals surface area contributed by atoms with Gasteiger partial charge >= 0.3 is 0 Å². The number of hydrogen-bond acceptors (Lipinski definition) is 5. The summed E-state index contributed by atoms with van der Waals surface area (Å²) in [5, 5.41) is 3.30. The van der Waals surface area contributed by atoms with Gasteiger partial charge in [-0.3, -0.25) is 0 Å². The third-order valence-electron chi connectivity index (χ3n) is 3.40. The van der Waals surface area contributed by atoms with E-state index in [4.69, 9.17) is 18.0 Å². The number of nitrogens with two attached hydrogens (primary N) is 1. The lowest BCUT2D eigenvalue weighted by molar-refractivity contribution is 0.596. The first kappa shape index (κ1) is 15.6. The van der Waals surface area contributed by atoms with E-state index in [0.717, 1.165) is 22.6 Å². The van der Waals surface area contributed by atoms with E-state index in [9.17, 15) is 8.42 Å². The van der Waals surface area contributed by atoms with Crippen molar-refractivity contribution < 1.29 is 8.42 Å². The Morgan fingerprint density at radius 1 is 1.55 bits per heavy atom. The standard InChI is InChI=1S/C13H18N2O2S3/c1-19-11-4-2-3-10(12(11)13(14)18)15-7-9-5-6-20(16,17)8-9/h2-4,9,15H,5-8H2,1H3,(H2,14,18). The monoisotopic (exact) mass is 330 g/mol. The zero-order chi connectivity index (χ0) is 14.8. The number of sulfone groups is 1. The van der Waals surface area contributed by atoms with Crippen molar-refractivity contribution in [3.63, 3.8) is 0 Å². The molecule has 0 saturated carbocycles. The molecule has 110 valence electrons. The highest BCUT2D eigenvalue weighted by molar-refractivity contribution is 7.98. The molecule has 1 saturated heterocycles. The van der Waals surface area contributed by atoms with Crippen molar-refractivity contribution in [3.8, 4) is 0 Å². The van der Waals surface area contributed by atoms with Crippen molar-refractivity contribution in [2.75, 3.05) is 29.6 Å². The van der Waals surface area contributed by atoms with Crippen molar-refractivity contribution in [2.45, 2.75) is 11.3 Å². The van der Waals surface area contributed by atoms with E-state index < -0.39 is 9.84 Å². The van der Waals surface area contributed by atoms with Crippen LogP contribution in [-0.2, 0) is 9.84 Å². The topological polar surface area (TPSA) is 72.2 Å². The molecule has 4 nitrogen and oxygen atoms in total. The van der Waals surface area contributed by atoms with Crippen LogP contribution >= 0.6 is 24.0 Å². The van der Waals surface area contributed by atoms with E-state index >= 15 is 0 Å². The minimum absolute atomic E-state index is 0.164. The Kier molecular flexibility index (Phi) is 4.93. The van der Waals surface area contributed by atoms with Crippen LogP contribution in [0.25, 0.3) is 0 Å². The molecule has 1 unspecified atom stereocenters. The molecule has 1 atom stereocenters. The third-order valence-corrected chi connectivity index (χ3v) is 6.22. The van der Waals surface area contributed by atoms with Crippen molar-refractivity contribution >= 4 is 44.5 Å². The van der Waals surface area contributed by atoms with Gasteiger partial charge in [-0.25, -0.2) is 8.42 Å². The number of thiocarbonyl (C=S) groups is 1. The average Bonchev–Trinajstić information content (AvgIpc) is 2.75. The molecule has 1 fully saturated rings. The zero-order valence-electron chi connectivity index (χ0n) is 11.3. The largest absolute Gasteiger partial charge is 0.389 e. The lowest BCUT2D eigenvalue weighted by atomic mass is 10.1. The summed E-state index contributed by atoms with van der Waals surface area (Å²) in [6, 6.07) is 5.85. The molecule has 1 aliphatic heterocycles. The first-order chi connectivity index (χ1) is 9.43. The molecule has 0 aromatic heterocycles. The van der Waals surface area contributed by atoms with Gasteiger partial charge in [0.1, 0.15) is 4.99 Å². The van der Waals surface area contributed by atoms with Gasteiger partial charge in [0.15, 0.2) is 9.84 Å². The third kappa shape index (κ3) is 3.65. The minimum Gasteiger partial charge on any atom is -0.389 e. The molecule has 1 heterocycles. The summed E-state index contributed by atoms with van der Waals surface area (Å²) < 4.78 is 22.9. The van der Waals surface area contributed by atoms with Gasteiger partial charge in [0, 0.05) is 22.7 Å². The van der Waals surface area contributed by atoms with E-state index in [0.29, 0.717) is 17.3 Å². The maximum Gasteiger partial charge on any atom is 0.150 e. The van der Waals surface area contributed by atoms with Gasteiger partial charge in [0.05, 0.1) is 11.5 Å². The Hall–Kier alpha value is -0.790. The van der Waals surface area contributed by atoms with Crippen LogP contribution in [0.5, 0.6) is 0 Å². The smallest absolute Gasteiger partial charge is 0.150 e. The van der Waals surface area contributed by atoms with Crippen LogP contribution in [0.2, 0.25) is 0 Å². The Morgan fingerprint density at radius 3 is 2.85 bits per heavy atom. The van der Waals surface area contributed by atoms with Gasteiger partial charge in [-0.15, -0.1) is 11.8 Å². The predicted molar refractivity (Wildman–Crippen MR) is 89.4 cm³/mol. The van der Waals surface area contributed by atoms with Crippen LogP contribution in [0, 0.1) is 5.92 Å². The predicted octanol–water partition coefficient (Wildman–Crippen LogP) is 1.89. The van der Waals surface area contributed by atoms with E-state index in [-0.39, 0.29) is 11.7 Å². The lowest BCUT2D eigenvalue weighted by Gasteiger charge is -2.16. The highest BCUT2D eigenvalue weighted by Crippen LogP contribution is 2.28. The molecular formula is C13H18N2O2S3. The van der Waals surface area contributed by atoms with Gasteiger partial charge in [0.25, 0.3) is 0 Å². The highest BCUT2D eigenvalue weighted by atomic mass is 32.2. The molecule has 2 rings (SSSR count). The Balaban J connectivity index is 2.12. The van der Waals surface area contributed by atoms with Gasteiger partial charge < -0.3 is 11.1 Å². The summed E-state index contributed by atoms with van der Waals surface area (Å²) in [5.74, 6) is 0.730. The second-order valence-corrected chi connectivity index (χ2v) is 8.41. The highest BCUT2D eigenvalue weighted by Gasteiger charge is 2.27. The molecule has 3 N–H and O–H groups in total. The fourth-order valence-electron chi connectivity index (χ4n) is 2.39. The number of hydrogen-bond donors (Lipinski definition) is 2. The first-order valence-electron chi connectivity index (χ1n) is 6.34. The van der Waals surface area contributed by atoms with Crippen molar-refractivity contribution in [2.24, 2.45) is 11.7 Å². The molecule has 0 amide bonds. The number of nitrogens with one attached hydrogen (secondary N) is 1. The minimum atomic E-state index is -2.83. The summed E-state index contributed by atoms with van der Waals surface area (Å²) in [7, 11) is -2.83. The number of benzene rings is 1. The molecule has 0 radical (unpaired) electrons. The van der Waals surface area contributed by atoms with Crippen LogP contribution in [-0.4, -0.2) is 37.7 Å². The van der Waals surface area contributed by atoms with Gasteiger partial charge in [0.2, 0.25) is 0 Å². The summed E-state index contributed by atoms with van der Waals surface area (Å²) in [4.78, 5) is 1.39. The van der Waals surface area contributed by atoms with Gasteiger partial charge in [-0.05, 0) is 30.7 Å². The number of anilines is 1. The maximum absolute atomic E-state index is 11.5. The fourth-order valence-corrected chi connectivity index (χ4v) is 5.18. The van der Waals surface area contributed by atoms with Gasteiger partial charge in [-0.1, -0.05) is 18.3 Å². The SMILES string of the molecule is CSc1cccc(NCC2CCS(=O)(=O)C2)c1C(N)=S.